The lowest BCUT2D eigenvalue weighted by atomic mass is 9.94. The van der Waals surface area contributed by atoms with E-state index in [2.05, 4.69) is 16.0 Å². The maximum Gasteiger partial charge on any atom is 0.474 e. The molecule has 3 fully saturated rings. The van der Waals surface area contributed by atoms with E-state index in [9.17, 15) is 62.1 Å². The van der Waals surface area contributed by atoms with Crippen molar-refractivity contribution < 1.29 is 128 Å². The number of amides is 3. The van der Waals surface area contributed by atoms with Crippen molar-refractivity contribution in [3.63, 3.8) is 0 Å². The monoisotopic (exact) mass is 1080 g/mol. The number of nitrogens with one attached hydrogen (secondary N) is 3. The Morgan fingerprint density at radius 2 is 0.750 bits per heavy atom. The Morgan fingerprint density at radius 1 is 0.472 bits per heavy atom. The Labute approximate surface area is 411 Å². The van der Waals surface area contributed by atoms with E-state index in [1.54, 1.807) is 6.92 Å². The minimum atomic E-state index is -5.63. The summed E-state index contributed by atoms with van der Waals surface area (Å²) < 4.78 is 104. The molecule has 3 aliphatic rings. The third-order valence-corrected chi connectivity index (χ3v) is 11.8. The fourth-order valence-corrected chi connectivity index (χ4v) is 9.31. The zero-order chi connectivity index (χ0) is 54.4. The molecule has 7 N–H and O–H groups in total. The lowest BCUT2D eigenvalue weighted by Crippen LogP contribution is -2.66. The van der Waals surface area contributed by atoms with E-state index in [1.165, 1.54) is 0 Å². The maximum absolute atomic E-state index is 13.9. The minimum absolute atomic E-state index is 0.0177. The highest BCUT2D eigenvalue weighted by Crippen LogP contribution is 2.50. The quantitative estimate of drug-likeness (QED) is 0.0363. The van der Waals surface area contributed by atoms with Crippen LogP contribution in [0.25, 0.3) is 0 Å². The molecule has 0 aromatic carbocycles. The molecule has 3 amide bonds. The van der Waals surface area contributed by atoms with Crippen LogP contribution in [-0.4, -0.2) is 182 Å². The predicted octanol–water partition coefficient (Wildman–Crippen LogP) is -2.08. The van der Waals surface area contributed by atoms with Gasteiger partial charge in [0.05, 0.1) is 19.8 Å². The van der Waals surface area contributed by atoms with Gasteiger partial charge in [-0.25, -0.2) is 9.13 Å². The van der Waals surface area contributed by atoms with Gasteiger partial charge < -0.3 is 78.8 Å². The molecule has 0 radical (unpaired) electrons. The Morgan fingerprint density at radius 3 is 1.04 bits per heavy atom. The molecule has 8 unspecified atom stereocenters. The molecule has 72 heavy (non-hydrogen) atoms. The van der Waals surface area contributed by atoms with Crippen LogP contribution in [0.1, 0.15) is 75.7 Å². The number of carbonyl (C=O) groups is 9. The highest BCUT2D eigenvalue weighted by molar-refractivity contribution is 7.47. The summed E-state index contributed by atoms with van der Waals surface area (Å²) in [5.74, 6) is -8.21. The SMILES string of the molecule is CCC1O[C@@H](OP(=O)(O)OCC2O[C@@H](OP(=O)(O)OCC3O[C@@H](OCCN)C(NC(C)=O)[C@@H](OC(C)=O)[C@H]3OC(C)=O)C(NC(C)=O)[C@@H](OC(C)=O)[C@H]2OC(C)=O)C(NC(C)=O)[C@@H](OC(C)=O)[C@H]1OC(C)=O. The van der Waals surface area contributed by atoms with Crippen molar-refractivity contribution in [1.29, 1.82) is 0 Å². The number of phosphoric ester groups is 2. The molecule has 3 rings (SSSR count). The van der Waals surface area contributed by atoms with Crippen molar-refractivity contribution in [2.24, 2.45) is 5.73 Å². The highest BCUT2D eigenvalue weighted by Gasteiger charge is 2.56. The summed E-state index contributed by atoms with van der Waals surface area (Å²) in [6.07, 6.45) is -20.7. The Kier molecular flexibility index (Phi) is 23.5. The van der Waals surface area contributed by atoms with Crippen LogP contribution in [0.2, 0.25) is 0 Å². The van der Waals surface area contributed by atoms with E-state index in [4.69, 9.17) is 71.2 Å². The lowest BCUT2D eigenvalue weighted by Gasteiger charge is -2.46. The fraction of sp³-hybridized carbons (Fsp3) is 0.769. The summed E-state index contributed by atoms with van der Waals surface area (Å²) in [7, 11) is -11.2. The average molecular weight is 1080 g/mol. The van der Waals surface area contributed by atoms with Gasteiger partial charge in [-0.3, -0.25) is 61.2 Å². The van der Waals surface area contributed by atoms with Crippen molar-refractivity contribution in [3.8, 4) is 0 Å². The third kappa shape index (κ3) is 18.9. The van der Waals surface area contributed by atoms with Crippen LogP contribution < -0.4 is 21.7 Å². The molecule has 17 atom stereocenters. The van der Waals surface area contributed by atoms with Gasteiger partial charge in [-0.1, -0.05) is 6.92 Å². The number of esters is 6. The van der Waals surface area contributed by atoms with Crippen LogP contribution in [-0.2, 0) is 118 Å². The van der Waals surface area contributed by atoms with Crippen molar-refractivity contribution in [3.05, 3.63) is 0 Å². The van der Waals surface area contributed by atoms with E-state index in [1.807, 2.05) is 0 Å². The maximum atomic E-state index is 13.9. The fourth-order valence-electron chi connectivity index (χ4n) is 7.63. The lowest BCUT2D eigenvalue weighted by molar-refractivity contribution is -0.277. The number of hydrogen-bond acceptors (Lipinski definition) is 26. The van der Waals surface area contributed by atoms with E-state index in [0.717, 1.165) is 62.3 Å². The minimum Gasteiger partial charge on any atom is -0.456 e. The smallest absolute Gasteiger partial charge is 0.456 e. The second-order valence-electron chi connectivity index (χ2n) is 16.1. The zero-order valence-electron chi connectivity index (χ0n) is 40.8. The van der Waals surface area contributed by atoms with Gasteiger partial charge in [-0.05, 0) is 6.42 Å². The molecular weight excluding hydrogens is 1020 g/mol. The molecule has 0 bridgehead atoms. The number of hydrogen-bond donors (Lipinski definition) is 6. The van der Waals surface area contributed by atoms with Crippen molar-refractivity contribution in [2.45, 2.75) is 168 Å². The van der Waals surface area contributed by atoms with E-state index in [-0.39, 0.29) is 19.6 Å². The van der Waals surface area contributed by atoms with Crippen molar-refractivity contribution in [2.75, 3.05) is 26.4 Å². The second kappa shape index (κ2) is 27.5. The van der Waals surface area contributed by atoms with Gasteiger partial charge in [0.1, 0.15) is 36.4 Å². The van der Waals surface area contributed by atoms with Gasteiger partial charge in [0, 0.05) is 68.9 Å². The van der Waals surface area contributed by atoms with Gasteiger partial charge in [-0.2, -0.15) is 0 Å². The normalized spacial score (nSPS) is 31.9. The van der Waals surface area contributed by atoms with Gasteiger partial charge in [-0.15, -0.1) is 0 Å². The number of ether oxygens (including phenoxy) is 10. The summed E-state index contributed by atoms with van der Waals surface area (Å²) in [6.45, 7) is 7.89. The first-order valence-electron chi connectivity index (χ1n) is 21.9. The molecule has 0 spiro atoms. The van der Waals surface area contributed by atoms with Crippen LogP contribution in [0.3, 0.4) is 0 Å². The van der Waals surface area contributed by atoms with Gasteiger partial charge in [0.25, 0.3) is 0 Å². The van der Waals surface area contributed by atoms with Crippen LogP contribution in [0.15, 0.2) is 0 Å². The highest BCUT2D eigenvalue weighted by atomic mass is 31.2. The molecule has 0 aliphatic carbocycles. The molecule has 3 saturated heterocycles. The van der Waals surface area contributed by atoms with E-state index in [0.29, 0.717) is 0 Å². The van der Waals surface area contributed by atoms with Gasteiger partial charge >= 0.3 is 51.5 Å². The van der Waals surface area contributed by atoms with Crippen LogP contribution in [0.5, 0.6) is 0 Å². The molecule has 0 aromatic rings. The van der Waals surface area contributed by atoms with E-state index >= 15 is 0 Å². The van der Waals surface area contributed by atoms with Gasteiger partial charge in [0.15, 0.2) is 55.5 Å². The average Bonchev–Trinajstić information content (AvgIpc) is 3.23. The Hall–Kier alpha value is -4.75. The van der Waals surface area contributed by atoms with Gasteiger partial charge in [0.2, 0.25) is 17.7 Å². The molecule has 410 valence electrons. The van der Waals surface area contributed by atoms with Crippen molar-refractivity contribution in [1.82, 2.24) is 16.0 Å². The molecule has 3 heterocycles. The molecule has 33 heteroatoms. The third-order valence-electron chi connectivity index (χ3n) is 9.94. The first kappa shape index (κ1) is 61.5. The van der Waals surface area contributed by atoms with Crippen LogP contribution in [0.4, 0.5) is 0 Å². The standard InChI is InChI=1S/C39H62N4O27P2/c1-11-25-31(60-19(5)47)35(64-23(9)51)29(42-17(3)45)38(66-25)69-71(53,54)59-15-27-33(62-21(7)49)36(65-24(10)52)30(43-18(4)46)39(68-27)70-72(55,56)58-14-26-32(61-20(6)48)34(63-22(8)50)28(41-16(2)44)37(67-26)57-13-12-40/h25-39H,11-15,40H2,1-10H3,(H,41,44)(H,42,45)(H,43,46)(H,53,54)(H,55,56)/t25?,26?,27?,28?,29?,30?,31-,32-,33-,34+,35+,36+,37+,38-,39-/m0/s1. The topological polar surface area (TPSA) is 420 Å². The summed E-state index contributed by atoms with van der Waals surface area (Å²) in [5, 5.41) is 7.15. The van der Waals surface area contributed by atoms with Crippen molar-refractivity contribution >= 4 is 69.2 Å². The largest absolute Gasteiger partial charge is 0.474 e. The number of phosphoric acid groups is 2. The number of carbonyl (C=O) groups excluding carboxylic acids is 9. The Bertz CT molecular complexity index is 2070. The first-order chi connectivity index (χ1) is 33.5. The Balaban J connectivity index is 2.03. The summed E-state index contributed by atoms with van der Waals surface area (Å²) in [5.41, 5.74) is 5.59. The molecule has 3 aliphatic heterocycles. The second-order valence-corrected chi connectivity index (χ2v) is 18.9. The molecule has 31 nitrogen and oxygen atoms in total. The molecular formula is C39H62N4O27P2. The van der Waals surface area contributed by atoms with E-state index < -0.39 is 174 Å². The summed E-state index contributed by atoms with van der Waals surface area (Å²) >= 11 is 0. The van der Waals surface area contributed by atoms with Crippen LogP contribution >= 0.6 is 15.6 Å². The first-order valence-corrected chi connectivity index (χ1v) is 24.9. The zero-order valence-corrected chi connectivity index (χ0v) is 42.6. The molecule has 0 saturated carbocycles. The summed E-state index contributed by atoms with van der Waals surface area (Å²) in [4.78, 5) is 133. The van der Waals surface area contributed by atoms with Crippen LogP contribution in [0, 0.1) is 0 Å². The predicted molar refractivity (Wildman–Crippen MR) is 231 cm³/mol. The molecule has 0 aromatic heterocycles. The number of nitrogens with two attached hydrogens (primary N) is 1. The summed E-state index contributed by atoms with van der Waals surface area (Å²) in [6, 6.07) is -4.88. The number of rotatable bonds is 23.